The van der Waals surface area contributed by atoms with E-state index in [4.69, 9.17) is 0 Å². The number of sulfone groups is 1. The lowest BCUT2D eigenvalue weighted by molar-refractivity contribution is 0.605. The molecule has 98 valence electrons. The Kier molecular flexibility index (Phi) is 3.86. The van der Waals surface area contributed by atoms with Crippen LogP contribution in [0.4, 0.5) is 0 Å². The summed E-state index contributed by atoms with van der Waals surface area (Å²) in [6.45, 7) is 3.64. The maximum atomic E-state index is 12.7. The van der Waals surface area contributed by atoms with Crippen LogP contribution in [0.25, 0.3) is 4.91 Å². The van der Waals surface area contributed by atoms with Crippen LogP contribution in [0, 0.1) is 0 Å². The van der Waals surface area contributed by atoms with E-state index in [9.17, 15) is 8.42 Å². The van der Waals surface area contributed by atoms with Gasteiger partial charge in [-0.05, 0) is 31.5 Å². The Morgan fingerprint density at radius 1 is 0.789 bits per heavy atom. The van der Waals surface area contributed by atoms with Crippen LogP contribution >= 0.6 is 0 Å². The quantitative estimate of drug-likeness (QED) is 0.849. The van der Waals surface area contributed by atoms with Crippen molar-refractivity contribution in [3.8, 4) is 0 Å². The summed E-state index contributed by atoms with van der Waals surface area (Å²) in [5, 5.41) is 0. The van der Waals surface area contributed by atoms with Crippen molar-refractivity contribution in [2.75, 3.05) is 0 Å². The fraction of sp³-hybridized carbons (Fsp3) is 0.125. The van der Waals surface area contributed by atoms with Gasteiger partial charge in [0.25, 0.3) is 0 Å². The Hall–Kier alpha value is -1.87. The molecule has 2 nitrogen and oxygen atoms in total. The van der Waals surface area contributed by atoms with Gasteiger partial charge in [0.1, 0.15) is 0 Å². The summed E-state index contributed by atoms with van der Waals surface area (Å²) in [5.41, 5.74) is 1.52. The Morgan fingerprint density at radius 3 is 1.74 bits per heavy atom. The maximum absolute atomic E-state index is 12.7. The van der Waals surface area contributed by atoms with Crippen LogP contribution in [0.15, 0.2) is 71.1 Å². The molecule has 0 aliphatic heterocycles. The molecular weight excluding hydrogens is 256 g/mol. The van der Waals surface area contributed by atoms with Crippen LogP contribution in [-0.2, 0) is 9.84 Å². The van der Waals surface area contributed by atoms with Crippen LogP contribution in [0.1, 0.15) is 19.4 Å². The van der Waals surface area contributed by atoms with Gasteiger partial charge in [0, 0.05) is 0 Å². The van der Waals surface area contributed by atoms with E-state index >= 15 is 0 Å². The molecule has 2 aromatic rings. The molecule has 3 heteroatoms. The van der Waals surface area contributed by atoms with Crippen molar-refractivity contribution in [1.82, 2.24) is 0 Å². The number of hydrogen-bond acceptors (Lipinski definition) is 2. The third-order valence-electron chi connectivity index (χ3n) is 2.81. The van der Waals surface area contributed by atoms with Crippen molar-refractivity contribution in [3.63, 3.8) is 0 Å². The Morgan fingerprint density at radius 2 is 1.26 bits per heavy atom. The van der Waals surface area contributed by atoms with Gasteiger partial charge in [-0.3, -0.25) is 0 Å². The molecule has 0 radical (unpaired) electrons. The topological polar surface area (TPSA) is 34.1 Å². The third kappa shape index (κ3) is 2.76. The van der Waals surface area contributed by atoms with Gasteiger partial charge in [0.2, 0.25) is 9.84 Å². The molecule has 0 aliphatic rings. The van der Waals surface area contributed by atoms with Crippen LogP contribution < -0.4 is 0 Å². The van der Waals surface area contributed by atoms with Crippen molar-refractivity contribution in [1.29, 1.82) is 0 Å². The standard InChI is InChI=1S/C16H16O2S/c1-13(2)16(14-9-5-3-6-10-14)19(17,18)15-11-7-4-8-12-15/h3-12H,1-2H3. The highest BCUT2D eigenvalue weighted by molar-refractivity contribution is 8.00. The van der Waals surface area contributed by atoms with Crippen LogP contribution in [0.2, 0.25) is 0 Å². The Bertz CT molecular complexity index is 680. The van der Waals surface area contributed by atoms with Crippen molar-refractivity contribution >= 4 is 14.7 Å². The first-order chi connectivity index (χ1) is 9.03. The summed E-state index contributed by atoms with van der Waals surface area (Å²) in [6, 6.07) is 17.7. The van der Waals surface area contributed by atoms with E-state index in [0.717, 1.165) is 11.1 Å². The highest BCUT2D eigenvalue weighted by Gasteiger charge is 2.22. The first-order valence-corrected chi connectivity index (χ1v) is 7.55. The molecule has 0 atom stereocenters. The van der Waals surface area contributed by atoms with Crippen molar-refractivity contribution in [3.05, 3.63) is 71.8 Å². The average molecular weight is 272 g/mol. The summed E-state index contributed by atoms with van der Waals surface area (Å²) >= 11 is 0. The van der Waals surface area contributed by atoms with E-state index in [0.29, 0.717) is 9.80 Å². The van der Waals surface area contributed by atoms with E-state index in [1.54, 1.807) is 24.3 Å². The molecule has 0 amide bonds. The van der Waals surface area contributed by atoms with Gasteiger partial charge >= 0.3 is 0 Å². The number of rotatable bonds is 3. The average Bonchev–Trinajstić information content (AvgIpc) is 2.40. The molecule has 0 bridgehead atoms. The van der Waals surface area contributed by atoms with Gasteiger partial charge in [-0.2, -0.15) is 0 Å². The van der Waals surface area contributed by atoms with Gasteiger partial charge in [-0.15, -0.1) is 0 Å². The second-order valence-electron chi connectivity index (χ2n) is 4.51. The summed E-state index contributed by atoms with van der Waals surface area (Å²) in [6.07, 6.45) is 0. The zero-order valence-corrected chi connectivity index (χ0v) is 11.8. The van der Waals surface area contributed by atoms with Crippen LogP contribution in [0.3, 0.4) is 0 Å². The lowest BCUT2D eigenvalue weighted by atomic mass is 10.1. The predicted molar refractivity (Wildman–Crippen MR) is 78.3 cm³/mol. The molecule has 0 fully saturated rings. The van der Waals surface area contributed by atoms with Crippen LogP contribution in [-0.4, -0.2) is 8.42 Å². The maximum Gasteiger partial charge on any atom is 0.207 e. The van der Waals surface area contributed by atoms with Gasteiger partial charge in [-0.25, -0.2) is 8.42 Å². The molecule has 0 N–H and O–H groups in total. The minimum Gasteiger partial charge on any atom is -0.218 e. The molecule has 2 rings (SSSR count). The SMILES string of the molecule is CC(C)=C(c1ccccc1)S(=O)(=O)c1ccccc1. The highest BCUT2D eigenvalue weighted by Crippen LogP contribution is 2.30. The molecule has 0 saturated heterocycles. The first kappa shape index (κ1) is 13.6. The largest absolute Gasteiger partial charge is 0.218 e. The number of allylic oxidation sites excluding steroid dienone is 1. The molecule has 19 heavy (non-hydrogen) atoms. The molecule has 0 saturated carbocycles. The molecule has 0 aromatic heterocycles. The zero-order valence-electron chi connectivity index (χ0n) is 11.0. The molecule has 2 aromatic carbocycles. The smallest absolute Gasteiger partial charge is 0.207 e. The number of hydrogen-bond donors (Lipinski definition) is 0. The van der Waals surface area contributed by atoms with Gasteiger partial charge in [-0.1, -0.05) is 54.1 Å². The predicted octanol–water partition coefficient (Wildman–Crippen LogP) is 3.91. The fourth-order valence-corrected chi connectivity index (χ4v) is 3.75. The van der Waals surface area contributed by atoms with E-state index < -0.39 is 9.84 Å². The van der Waals surface area contributed by atoms with Gasteiger partial charge < -0.3 is 0 Å². The van der Waals surface area contributed by atoms with Gasteiger partial charge in [0.05, 0.1) is 9.80 Å². The normalized spacial score (nSPS) is 11.1. The fourth-order valence-electron chi connectivity index (χ4n) is 2.02. The molecule has 0 heterocycles. The van der Waals surface area contributed by atoms with Crippen molar-refractivity contribution in [2.24, 2.45) is 0 Å². The Labute approximate surface area is 114 Å². The summed E-state index contributed by atoms with van der Waals surface area (Å²) in [4.78, 5) is 0.717. The van der Waals surface area contributed by atoms with Crippen molar-refractivity contribution in [2.45, 2.75) is 18.7 Å². The van der Waals surface area contributed by atoms with E-state index in [1.165, 1.54) is 0 Å². The van der Waals surface area contributed by atoms with E-state index in [-0.39, 0.29) is 0 Å². The van der Waals surface area contributed by atoms with E-state index in [1.807, 2.05) is 50.2 Å². The van der Waals surface area contributed by atoms with Crippen LogP contribution in [0.5, 0.6) is 0 Å². The minimum atomic E-state index is -3.47. The minimum absolute atomic E-state index is 0.329. The Balaban J connectivity index is 2.64. The number of benzene rings is 2. The second-order valence-corrected chi connectivity index (χ2v) is 6.40. The first-order valence-electron chi connectivity index (χ1n) is 6.06. The monoisotopic (exact) mass is 272 g/mol. The molecule has 0 aliphatic carbocycles. The second kappa shape index (κ2) is 5.41. The summed E-state index contributed by atoms with van der Waals surface area (Å²) < 4.78 is 25.4. The highest BCUT2D eigenvalue weighted by atomic mass is 32.2. The third-order valence-corrected chi connectivity index (χ3v) is 4.89. The molecule has 0 unspecified atom stereocenters. The zero-order chi connectivity index (χ0) is 13.9. The van der Waals surface area contributed by atoms with E-state index in [2.05, 4.69) is 0 Å². The lowest BCUT2D eigenvalue weighted by Gasteiger charge is -2.11. The van der Waals surface area contributed by atoms with Crippen molar-refractivity contribution < 1.29 is 8.42 Å². The molecular formula is C16H16O2S. The summed E-state index contributed by atoms with van der Waals surface area (Å²) in [5.74, 6) is 0. The summed E-state index contributed by atoms with van der Waals surface area (Å²) in [7, 11) is -3.47. The lowest BCUT2D eigenvalue weighted by Crippen LogP contribution is -2.05. The molecule has 0 spiro atoms. The van der Waals surface area contributed by atoms with Gasteiger partial charge in [0.15, 0.2) is 0 Å².